The molecule has 0 unspecified atom stereocenters. The molecule has 0 saturated carbocycles. The number of carbonyl (C=O) groups excluding carboxylic acids is 1. The van der Waals surface area contributed by atoms with E-state index in [0.29, 0.717) is 5.92 Å². The lowest BCUT2D eigenvalue weighted by Gasteiger charge is -2.37. The molecule has 2 heterocycles. The third-order valence-electron chi connectivity index (χ3n) is 4.76. The highest BCUT2D eigenvalue weighted by atomic mass is 19.1. The quantitative estimate of drug-likeness (QED) is 0.815. The molecule has 2 aliphatic rings. The summed E-state index contributed by atoms with van der Waals surface area (Å²) in [4.78, 5) is 14.2. The highest BCUT2D eigenvalue weighted by Gasteiger charge is 2.32. The van der Waals surface area contributed by atoms with Crippen LogP contribution in [0.3, 0.4) is 0 Å². The fraction of sp³-hybridized carbons (Fsp3) is 0.562. The first-order valence-corrected chi connectivity index (χ1v) is 7.61. The summed E-state index contributed by atoms with van der Waals surface area (Å²) in [5.74, 6) is 0.419. The zero-order chi connectivity index (χ0) is 15.0. The Balaban J connectivity index is 1.65. The molecule has 1 aromatic carbocycles. The molecule has 2 aliphatic heterocycles. The monoisotopic (exact) mass is 291 g/mol. The summed E-state index contributed by atoms with van der Waals surface area (Å²) in [6.07, 6.45) is 1.80. The van der Waals surface area contributed by atoms with Crippen molar-refractivity contribution in [3.8, 4) is 0 Å². The molecule has 5 heteroatoms. The summed E-state index contributed by atoms with van der Waals surface area (Å²) in [5, 5.41) is 3.13. The third kappa shape index (κ3) is 2.75. The molecule has 0 aromatic heterocycles. The SMILES string of the molecule is Cc1cc(N)c(F)cc1C1CCN(C(=O)C2CNC2)CC1. The van der Waals surface area contributed by atoms with E-state index in [0.717, 1.165) is 50.1 Å². The minimum Gasteiger partial charge on any atom is -0.396 e. The number of benzene rings is 1. The van der Waals surface area contributed by atoms with Gasteiger partial charge >= 0.3 is 0 Å². The van der Waals surface area contributed by atoms with Crippen LogP contribution in [-0.2, 0) is 4.79 Å². The van der Waals surface area contributed by atoms with E-state index in [4.69, 9.17) is 5.73 Å². The standard InChI is InChI=1S/C16H22FN3O/c1-10-6-15(18)14(17)7-13(10)11-2-4-20(5-3-11)16(21)12-8-19-9-12/h6-7,11-12,19H,2-5,8-9,18H2,1H3. The maximum absolute atomic E-state index is 13.7. The largest absolute Gasteiger partial charge is 0.396 e. The van der Waals surface area contributed by atoms with Crippen molar-refractivity contribution in [3.05, 3.63) is 29.1 Å². The van der Waals surface area contributed by atoms with Gasteiger partial charge in [0.15, 0.2) is 0 Å². The maximum Gasteiger partial charge on any atom is 0.228 e. The van der Waals surface area contributed by atoms with Crippen LogP contribution in [0.2, 0.25) is 0 Å². The van der Waals surface area contributed by atoms with E-state index in [1.807, 2.05) is 11.8 Å². The van der Waals surface area contributed by atoms with Gasteiger partial charge in [-0.05, 0) is 48.9 Å². The van der Waals surface area contributed by atoms with Crippen LogP contribution in [-0.4, -0.2) is 37.0 Å². The van der Waals surface area contributed by atoms with Gasteiger partial charge in [0.2, 0.25) is 5.91 Å². The van der Waals surface area contributed by atoms with Crippen molar-refractivity contribution < 1.29 is 9.18 Å². The Morgan fingerprint density at radius 1 is 1.33 bits per heavy atom. The molecule has 0 bridgehead atoms. The Morgan fingerprint density at radius 2 is 2.00 bits per heavy atom. The van der Waals surface area contributed by atoms with Crippen molar-refractivity contribution in [3.63, 3.8) is 0 Å². The molecule has 3 rings (SSSR count). The van der Waals surface area contributed by atoms with Gasteiger partial charge in [0.25, 0.3) is 0 Å². The Labute approximate surface area is 124 Å². The summed E-state index contributed by atoms with van der Waals surface area (Å²) >= 11 is 0. The molecule has 0 spiro atoms. The van der Waals surface area contributed by atoms with Crippen LogP contribution < -0.4 is 11.1 Å². The lowest BCUT2D eigenvalue weighted by atomic mass is 9.86. The predicted molar refractivity (Wildman–Crippen MR) is 80.5 cm³/mol. The predicted octanol–water partition coefficient (Wildman–Crippen LogP) is 1.64. The number of hydrogen-bond donors (Lipinski definition) is 2. The van der Waals surface area contributed by atoms with Crippen molar-refractivity contribution in [2.45, 2.75) is 25.7 Å². The zero-order valence-corrected chi connectivity index (χ0v) is 12.4. The highest BCUT2D eigenvalue weighted by molar-refractivity contribution is 5.80. The van der Waals surface area contributed by atoms with Gasteiger partial charge in [-0.15, -0.1) is 0 Å². The van der Waals surface area contributed by atoms with Crippen LogP contribution in [0.4, 0.5) is 10.1 Å². The van der Waals surface area contributed by atoms with Gasteiger partial charge in [-0.2, -0.15) is 0 Å². The highest BCUT2D eigenvalue weighted by Crippen LogP contribution is 2.32. The number of rotatable bonds is 2. The van der Waals surface area contributed by atoms with Gasteiger partial charge in [-0.1, -0.05) is 0 Å². The fourth-order valence-corrected chi connectivity index (χ4v) is 3.29. The molecule has 0 aliphatic carbocycles. The van der Waals surface area contributed by atoms with E-state index in [2.05, 4.69) is 5.32 Å². The molecular formula is C16H22FN3O. The molecule has 21 heavy (non-hydrogen) atoms. The summed E-state index contributed by atoms with van der Waals surface area (Å²) < 4.78 is 13.7. The Kier molecular flexibility index (Phi) is 3.85. The second-order valence-electron chi connectivity index (χ2n) is 6.19. The number of aryl methyl sites for hydroxylation is 1. The van der Waals surface area contributed by atoms with E-state index < -0.39 is 0 Å². The summed E-state index contributed by atoms with van der Waals surface area (Å²) in [6.45, 7) is 5.13. The van der Waals surface area contributed by atoms with Crippen molar-refractivity contribution >= 4 is 11.6 Å². The van der Waals surface area contributed by atoms with E-state index >= 15 is 0 Å². The number of nitrogens with one attached hydrogen (secondary N) is 1. The molecule has 2 saturated heterocycles. The molecule has 114 valence electrons. The third-order valence-corrected chi connectivity index (χ3v) is 4.76. The molecule has 0 atom stereocenters. The van der Waals surface area contributed by atoms with Crippen molar-refractivity contribution in [1.29, 1.82) is 0 Å². The molecule has 2 fully saturated rings. The molecular weight excluding hydrogens is 269 g/mol. The number of piperidine rings is 1. The summed E-state index contributed by atoms with van der Waals surface area (Å²) in [6, 6.07) is 3.28. The van der Waals surface area contributed by atoms with E-state index in [-0.39, 0.29) is 23.3 Å². The number of anilines is 1. The lowest BCUT2D eigenvalue weighted by Crippen LogP contribution is -2.53. The number of halogens is 1. The van der Waals surface area contributed by atoms with Gasteiger partial charge in [0, 0.05) is 26.2 Å². The number of nitrogens with two attached hydrogens (primary N) is 1. The van der Waals surface area contributed by atoms with Crippen LogP contribution in [0.15, 0.2) is 12.1 Å². The average molecular weight is 291 g/mol. The average Bonchev–Trinajstić information content (AvgIpc) is 2.41. The minimum absolute atomic E-state index is 0.164. The van der Waals surface area contributed by atoms with E-state index in [9.17, 15) is 9.18 Å². The first-order valence-electron chi connectivity index (χ1n) is 7.61. The van der Waals surface area contributed by atoms with Crippen LogP contribution in [0.5, 0.6) is 0 Å². The van der Waals surface area contributed by atoms with Crippen LogP contribution in [0.1, 0.15) is 29.9 Å². The number of nitrogens with zero attached hydrogens (tertiary/aromatic N) is 1. The van der Waals surface area contributed by atoms with Gasteiger partial charge in [-0.3, -0.25) is 4.79 Å². The number of likely N-dealkylation sites (tertiary alicyclic amines) is 1. The lowest BCUT2D eigenvalue weighted by molar-refractivity contribution is -0.138. The van der Waals surface area contributed by atoms with E-state index in [1.54, 1.807) is 12.1 Å². The number of amides is 1. The summed E-state index contributed by atoms with van der Waals surface area (Å²) in [7, 11) is 0. The second-order valence-corrected chi connectivity index (χ2v) is 6.19. The fourth-order valence-electron chi connectivity index (χ4n) is 3.29. The molecule has 4 nitrogen and oxygen atoms in total. The first kappa shape index (κ1) is 14.3. The summed E-state index contributed by atoms with van der Waals surface area (Å²) in [5.41, 5.74) is 7.90. The zero-order valence-electron chi connectivity index (χ0n) is 12.4. The molecule has 3 N–H and O–H groups in total. The second kappa shape index (κ2) is 5.64. The van der Waals surface area contributed by atoms with Gasteiger partial charge in [0.05, 0.1) is 11.6 Å². The smallest absolute Gasteiger partial charge is 0.228 e. The van der Waals surface area contributed by atoms with Crippen molar-refractivity contribution in [1.82, 2.24) is 10.2 Å². The first-order chi connectivity index (χ1) is 10.1. The minimum atomic E-state index is -0.338. The number of nitrogen functional groups attached to an aromatic ring is 1. The Hall–Kier alpha value is -1.62. The van der Waals surface area contributed by atoms with Gasteiger partial charge < -0.3 is 16.0 Å². The number of hydrogen-bond acceptors (Lipinski definition) is 3. The van der Waals surface area contributed by atoms with Crippen LogP contribution in [0, 0.1) is 18.7 Å². The number of carbonyl (C=O) groups is 1. The van der Waals surface area contributed by atoms with E-state index in [1.165, 1.54) is 0 Å². The van der Waals surface area contributed by atoms with Crippen LogP contribution in [0.25, 0.3) is 0 Å². The van der Waals surface area contributed by atoms with Gasteiger partial charge in [-0.25, -0.2) is 4.39 Å². The normalized spacial score (nSPS) is 20.4. The van der Waals surface area contributed by atoms with Crippen LogP contribution >= 0.6 is 0 Å². The van der Waals surface area contributed by atoms with Crippen molar-refractivity contribution in [2.75, 3.05) is 31.9 Å². The topological polar surface area (TPSA) is 58.4 Å². The molecule has 1 aromatic rings. The maximum atomic E-state index is 13.7. The van der Waals surface area contributed by atoms with Gasteiger partial charge in [0.1, 0.15) is 5.82 Å². The van der Waals surface area contributed by atoms with Crippen molar-refractivity contribution in [2.24, 2.45) is 5.92 Å². The Morgan fingerprint density at radius 3 is 2.57 bits per heavy atom. The molecule has 0 radical (unpaired) electrons. The Bertz CT molecular complexity index is 549. The molecule has 1 amide bonds.